The summed E-state index contributed by atoms with van der Waals surface area (Å²) in [5, 5.41) is 14.5. The summed E-state index contributed by atoms with van der Waals surface area (Å²) in [6.07, 6.45) is 3.92. The van der Waals surface area contributed by atoms with Crippen LogP contribution in [0.15, 0.2) is 82.8 Å². The summed E-state index contributed by atoms with van der Waals surface area (Å²) < 4.78 is 2.11. The van der Waals surface area contributed by atoms with Crippen molar-refractivity contribution in [1.82, 2.24) is 9.88 Å². The molecule has 1 aromatic heterocycles. The number of para-hydroxylation sites is 1. The van der Waals surface area contributed by atoms with E-state index in [0.717, 1.165) is 33.3 Å². The van der Waals surface area contributed by atoms with Gasteiger partial charge in [0.05, 0.1) is 22.2 Å². The largest absolute Gasteiger partial charge is 0.342 e. The average Bonchev–Trinajstić information content (AvgIpc) is 3.36. The summed E-state index contributed by atoms with van der Waals surface area (Å²) in [5.41, 5.74) is 5.28. The molecule has 0 saturated carbocycles. The number of nitrogens with one attached hydrogen (secondary N) is 1. The number of benzene rings is 3. The fourth-order valence-corrected chi connectivity index (χ4v) is 5.00. The lowest BCUT2D eigenvalue weighted by molar-refractivity contribution is -0.115. The Hall–Kier alpha value is -3.79. The molecule has 34 heavy (non-hydrogen) atoms. The van der Waals surface area contributed by atoms with Gasteiger partial charge >= 0.3 is 0 Å². The molecule has 5 rings (SSSR count). The number of aliphatic imine (C=N–C) groups is 1. The Morgan fingerprint density at radius 3 is 2.76 bits per heavy atom. The average molecular weight is 483 g/mol. The molecule has 0 radical (unpaired) electrons. The SMILES string of the molecule is Cc1cc(Cl)ccc1N=C1NC(=O)/C(=C/c2cn(Cc3ccccc3C#N)c3ccccc23)S1. The lowest BCUT2D eigenvalue weighted by Gasteiger charge is -2.07. The number of thioether (sulfide) groups is 1. The highest BCUT2D eigenvalue weighted by Gasteiger charge is 2.24. The lowest BCUT2D eigenvalue weighted by atomic mass is 10.1. The second-order valence-electron chi connectivity index (χ2n) is 7.91. The predicted octanol–water partition coefficient (Wildman–Crippen LogP) is 6.41. The van der Waals surface area contributed by atoms with Crippen LogP contribution in [0.3, 0.4) is 0 Å². The molecule has 2 heterocycles. The number of rotatable bonds is 4. The van der Waals surface area contributed by atoms with Crippen molar-refractivity contribution in [3.63, 3.8) is 0 Å². The zero-order chi connectivity index (χ0) is 23.7. The van der Waals surface area contributed by atoms with Crippen molar-refractivity contribution in [2.75, 3.05) is 0 Å². The van der Waals surface area contributed by atoms with Gasteiger partial charge in [0.15, 0.2) is 5.17 Å². The molecule has 1 saturated heterocycles. The second kappa shape index (κ2) is 9.22. The number of nitriles is 1. The van der Waals surface area contributed by atoms with Gasteiger partial charge in [-0.15, -0.1) is 0 Å². The molecule has 0 bridgehead atoms. The van der Waals surface area contributed by atoms with Crippen LogP contribution in [0.5, 0.6) is 0 Å². The van der Waals surface area contributed by atoms with Gasteiger partial charge in [-0.25, -0.2) is 4.99 Å². The molecule has 4 aromatic rings. The Morgan fingerprint density at radius 2 is 1.94 bits per heavy atom. The van der Waals surface area contributed by atoms with Crippen LogP contribution in [0.1, 0.15) is 22.3 Å². The zero-order valence-corrected chi connectivity index (χ0v) is 19.8. The van der Waals surface area contributed by atoms with Crippen LogP contribution in [-0.2, 0) is 11.3 Å². The number of amides is 1. The first kappa shape index (κ1) is 22.0. The number of aryl methyl sites for hydroxylation is 1. The van der Waals surface area contributed by atoms with E-state index in [1.165, 1.54) is 11.8 Å². The van der Waals surface area contributed by atoms with Gasteiger partial charge in [-0.3, -0.25) is 4.79 Å². The maximum atomic E-state index is 12.7. The van der Waals surface area contributed by atoms with Crippen LogP contribution in [0.4, 0.5) is 5.69 Å². The van der Waals surface area contributed by atoms with E-state index in [0.29, 0.717) is 27.2 Å². The van der Waals surface area contributed by atoms with Crippen molar-refractivity contribution in [2.24, 2.45) is 4.99 Å². The highest BCUT2D eigenvalue weighted by Crippen LogP contribution is 2.32. The van der Waals surface area contributed by atoms with Crippen LogP contribution in [0.2, 0.25) is 5.02 Å². The summed E-state index contributed by atoms with van der Waals surface area (Å²) in [6, 6.07) is 23.4. The number of halogens is 1. The van der Waals surface area contributed by atoms with Crippen LogP contribution < -0.4 is 5.32 Å². The fraction of sp³-hybridized carbons (Fsp3) is 0.0741. The molecule has 1 fully saturated rings. The number of hydrogen-bond acceptors (Lipinski definition) is 4. The molecular weight excluding hydrogens is 464 g/mol. The third kappa shape index (κ3) is 4.36. The Bertz CT molecular complexity index is 1540. The number of amidine groups is 1. The number of nitrogens with zero attached hydrogens (tertiary/aromatic N) is 3. The van der Waals surface area contributed by atoms with Crippen molar-refractivity contribution in [1.29, 1.82) is 5.26 Å². The van der Waals surface area contributed by atoms with E-state index < -0.39 is 0 Å². The fourth-order valence-electron chi connectivity index (χ4n) is 3.95. The first-order valence-corrected chi connectivity index (χ1v) is 11.8. The van der Waals surface area contributed by atoms with Gasteiger partial charge in [0.2, 0.25) is 0 Å². The smallest absolute Gasteiger partial charge is 0.264 e. The first-order chi connectivity index (χ1) is 16.5. The number of carbonyl (C=O) groups is 1. The van der Waals surface area contributed by atoms with E-state index in [1.807, 2.05) is 79.9 Å². The minimum Gasteiger partial charge on any atom is -0.342 e. The number of carbonyl (C=O) groups excluding carboxylic acids is 1. The minimum absolute atomic E-state index is 0.179. The van der Waals surface area contributed by atoms with Crippen LogP contribution in [-0.4, -0.2) is 15.6 Å². The molecule has 166 valence electrons. The molecule has 0 atom stereocenters. The molecule has 0 aliphatic carbocycles. The molecule has 1 aliphatic rings. The summed E-state index contributed by atoms with van der Waals surface area (Å²) in [6.45, 7) is 2.50. The van der Waals surface area contributed by atoms with Crippen molar-refractivity contribution in [2.45, 2.75) is 13.5 Å². The normalized spacial score (nSPS) is 15.7. The monoisotopic (exact) mass is 482 g/mol. The zero-order valence-electron chi connectivity index (χ0n) is 18.2. The van der Waals surface area contributed by atoms with Gasteiger partial charge < -0.3 is 9.88 Å². The summed E-state index contributed by atoms with van der Waals surface area (Å²) in [5.74, 6) is -0.179. The molecule has 0 unspecified atom stereocenters. The molecule has 1 aliphatic heterocycles. The number of hydrogen-bond donors (Lipinski definition) is 1. The topological polar surface area (TPSA) is 70.2 Å². The molecule has 0 spiro atoms. The van der Waals surface area contributed by atoms with Crippen LogP contribution >= 0.6 is 23.4 Å². The molecule has 5 nitrogen and oxygen atoms in total. The van der Waals surface area contributed by atoms with Crippen molar-refractivity contribution in [3.8, 4) is 6.07 Å². The van der Waals surface area contributed by atoms with E-state index in [-0.39, 0.29) is 5.91 Å². The summed E-state index contributed by atoms with van der Waals surface area (Å²) >= 11 is 7.35. The van der Waals surface area contributed by atoms with Gasteiger partial charge in [0, 0.05) is 34.2 Å². The second-order valence-corrected chi connectivity index (χ2v) is 9.38. The first-order valence-electron chi connectivity index (χ1n) is 10.6. The van der Waals surface area contributed by atoms with E-state index in [1.54, 1.807) is 6.07 Å². The third-order valence-corrected chi connectivity index (χ3v) is 6.76. The summed E-state index contributed by atoms with van der Waals surface area (Å²) in [4.78, 5) is 17.9. The summed E-state index contributed by atoms with van der Waals surface area (Å²) in [7, 11) is 0. The Kier molecular flexibility index (Phi) is 5.97. The molecule has 1 amide bonds. The lowest BCUT2D eigenvalue weighted by Crippen LogP contribution is -2.19. The molecule has 3 aromatic carbocycles. The maximum absolute atomic E-state index is 12.7. The Labute approximate surface area is 206 Å². The maximum Gasteiger partial charge on any atom is 0.264 e. The van der Waals surface area contributed by atoms with Crippen molar-refractivity contribution < 1.29 is 4.79 Å². The Balaban J connectivity index is 1.49. The van der Waals surface area contributed by atoms with Gasteiger partial charge in [0.1, 0.15) is 0 Å². The number of fused-ring (bicyclic) bond motifs is 1. The number of aromatic nitrogens is 1. The molecule has 1 N–H and O–H groups in total. The third-order valence-electron chi connectivity index (χ3n) is 5.62. The molecule has 7 heteroatoms. The standard InChI is InChI=1S/C27H19ClN4OS/c1-17-12-21(28)10-11-23(17)30-27-31-26(33)25(34-27)13-20-16-32(24-9-5-4-8-22(20)24)15-19-7-3-2-6-18(19)14-29/h2-13,16H,15H2,1H3,(H,30,31,33)/b25-13-. The van der Waals surface area contributed by atoms with Crippen LogP contribution in [0.25, 0.3) is 17.0 Å². The van der Waals surface area contributed by atoms with Gasteiger partial charge in [-0.05, 0) is 66.2 Å². The highest BCUT2D eigenvalue weighted by atomic mass is 35.5. The van der Waals surface area contributed by atoms with Gasteiger partial charge in [-0.2, -0.15) is 5.26 Å². The molecular formula is C27H19ClN4OS. The van der Waals surface area contributed by atoms with E-state index in [4.69, 9.17) is 11.6 Å². The highest BCUT2D eigenvalue weighted by molar-refractivity contribution is 8.18. The quantitative estimate of drug-likeness (QED) is 0.341. The van der Waals surface area contributed by atoms with Crippen molar-refractivity contribution in [3.05, 3.63) is 105 Å². The predicted molar refractivity (Wildman–Crippen MR) is 139 cm³/mol. The van der Waals surface area contributed by atoms with E-state index in [9.17, 15) is 10.1 Å². The van der Waals surface area contributed by atoms with Gasteiger partial charge in [0.25, 0.3) is 5.91 Å². The van der Waals surface area contributed by atoms with E-state index >= 15 is 0 Å². The van der Waals surface area contributed by atoms with Gasteiger partial charge in [-0.1, -0.05) is 48.0 Å². The van der Waals surface area contributed by atoms with E-state index in [2.05, 4.69) is 20.9 Å². The minimum atomic E-state index is -0.179. The Morgan fingerprint density at radius 1 is 1.15 bits per heavy atom. The van der Waals surface area contributed by atoms with Crippen LogP contribution in [0, 0.1) is 18.3 Å². The van der Waals surface area contributed by atoms with Crippen molar-refractivity contribution >= 4 is 57.1 Å².